The first-order valence-corrected chi connectivity index (χ1v) is 9.36. The Morgan fingerprint density at radius 2 is 1.85 bits per heavy atom. The molecule has 7 heteroatoms. The highest BCUT2D eigenvalue weighted by Crippen LogP contribution is 2.19. The molecular weight excluding hydrogens is 455 g/mol. The number of halogens is 1. The number of hydrogen-bond acceptors (Lipinski definition) is 5. The van der Waals surface area contributed by atoms with Gasteiger partial charge in [0.2, 0.25) is 0 Å². The summed E-state index contributed by atoms with van der Waals surface area (Å²) in [6.07, 6.45) is 0.623. The molecule has 1 aromatic rings. The van der Waals surface area contributed by atoms with Crippen molar-refractivity contribution >= 4 is 36.0 Å². The summed E-state index contributed by atoms with van der Waals surface area (Å²) in [5, 5.41) is 9.50. The number of aliphatic imine (C=N–C) groups is 1. The summed E-state index contributed by atoms with van der Waals surface area (Å²) in [6.45, 7) is 12.2. The Labute approximate surface area is 179 Å². The van der Waals surface area contributed by atoms with Crippen LogP contribution >= 0.6 is 24.0 Å². The molecule has 0 fully saturated rings. The first-order chi connectivity index (χ1) is 12.2. The van der Waals surface area contributed by atoms with Gasteiger partial charge >= 0.3 is 6.09 Å². The average molecular weight is 488 g/mol. The van der Waals surface area contributed by atoms with Crippen LogP contribution in [0, 0.1) is 0 Å². The highest BCUT2D eigenvalue weighted by atomic mass is 127. The smallest absolute Gasteiger partial charge is 0.408 e. The van der Waals surface area contributed by atoms with E-state index in [0.29, 0.717) is 12.5 Å². The zero-order valence-corrected chi connectivity index (χ0v) is 19.3. The molecule has 1 heterocycles. The first-order valence-electron chi connectivity index (χ1n) is 9.36. The molecule has 2 rings (SSSR count). The highest BCUT2D eigenvalue weighted by Gasteiger charge is 2.21. The van der Waals surface area contributed by atoms with E-state index in [-0.39, 0.29) is 30.0 Å². The number of rotatable bonds is 5. The van der Waals surface area contributed by atoms with Crippen LogP contribution in [0.3, 0.4) is 0 Å². The minimum absolute atomic E-state index is 0. The van der Waals surface area contributed by atoms with Crippen molar-refractivity contribution in [3.63, 3.8) is 0 Å². The lowest BCUT2D eigenvalue weighted by atomic mass is 9.99. The van der Waals surface area contributed by atoms with Crippen LogP contribution in [0.15, 0.2) is 29.3 Å². The van der Waals surface area contributed by atoms with Crippen molar-refractivity contribution in [2.24, 2.45) is 4.99 Å². The number of nitrogens with one attached hydrogen (secondary N) is 3. The molecule has 1 amide bonds. The van der Waals surface area contributed by atoms with Gasteiger partial charge in [-0.3, -0.25) is 4.99 Å². The molecule has 6 nitrogen and oxygen atoms in total. The van der Waals surface area contributed by atoms with Crippen molar-refractivity contribution in [3.05, 3.63) is 35.4 Å². The molecule has 0 bridgehead atoms. The second kappa shape index (κ2) is 10.7. The van der Waals surface area contributed by atoms with E-state index < -0.39 is 11.7 Å². The highest BCUT2D eigenvalue weighted by molar-refractivity contribution is 14.0. The molecule has 1 unspecified atom stereocenters. The van der Waals surface area contributed by atoms with Crippen molar-refractivity contribution in [2.75, 3.05) is 19.6 Å². The van der Waals surface area contributed by atoms with Gasteiger partial charge in [0.15, 0.2) is 5.96 Å². The quantitative estimate of drug-likeness (QED) is 0.550. The van der Waals surface area contributed by atoms with E-state index in [0.717, 1.165) is 31.0 Å². The number of amides is 1. The van der Waals surface area contributed by atoms with Gasteiger partial charge in [-0.25, -0.2) is 4.79 Å². The predicted molar refractivity (Wildman–Crippen MR) is 121 cm³/mol. The summed E-state index contributed by atoms with van der Waals surface area (Å²) in [5.74, 6) is 1.26. The van der Waals surface area contributed by atoms with Crippen molar-refractivity contribution in [1.82, 2.24) is 16.0 Å². The van der Waals surface area contributed by atoms with Crippen LogP contribution in [0.1, 0.15) is 64.1 Å². The lowest BCUT2D eigenvalue weighted by molar-refractivity contribution is 0.0504. The zero-order valence-electron chi connectivity index (χ0n) is 17.0. The second-order valence-corrected chi connectivity index (χ2v) is 7.91. The van der Waals surface area contributed by atoms with Gasteiger partial charge in [0.25, 0.3) is 0 Å². The average Bonchev–Trinajstić information content (AvgIpc) is 2.58. The minimum atomic E-state index is -0.529. The SMILES string of the molecule is CC(C)c1ccc(C(CNC2=NCCCN2)NC(=O)OC(C)(C)C)cc1.I. The molecule has 1 aliphatic rings. The number of alkyl carbamates (subject to hydrolysis) is 1. The topological polar surface area (TPSA) is 74.8 Å². The summed E-state index contributed by atoms with van der Waals surface area (Å²) in [4.78, 5) is 16.7. The van der Waals surface area contributed by atoms with E-state index in [4.69, 9.17) is 4.74 Å². The number of carbonyl (C=O) groups is 1. The fraction of sp³-hybridized carbons (Fsp3) is 0.600. The number of ether oxygens (including phenoxy) is 1. The molecule has 0 saturated carbocycles. The Morgan fingerprint density at radius 3 is 2.37 bits per heavy atom. The third-order valence-electron chi connectivity index (χ3n) is 4.07. The summed E-state index contributed by atoms with van der Waals surface area (Å²) in [7, 11) is 0. The van der Waals surface area contributed by atoms with Gasteiger partial charge in [-0.15, -0.1) is 24.0 Å². The van der Waals surface area contributed by atoms with Gasteiger partial charge in [-0.05, 0) is 44.2 Å². The number of hydrogen-bond donors (Lipinski definition) is 3. The lowest BCUT2D eigenvalue weighted by Crippen LogP contribution is -2.45. The van der Waals surface area contributed by atoms with Crippen LogP contribution in [-0.4, -0.2) is 37.3 Å². The van der Waals surface area contributed by atoms with E-state index >= 15 is 0 Å². The second-order valence-electron chi connectivity index (χ2n) is 7.91. The summed E-state index contributed by atoms with van der Waals surface area (Å²) in [6, 6.07) is 8.14. The van der Waals surface area contributed by atoms with E-state index in [2.05, 4.69) is 59.1 Å². The lowest BCUT2D eigenvalue weighted by Gasteiger charge is -2.25. The van der Waals surface area contributed by atoms with Crippen LogP contribution in [0.2, 0.25) is 0 Å². The van der Waals surface area contributed by atoms with Crippen molar-refractivity contribution in [3.8, 4) is 0 Å². The Bertz CT molecular complexity index is 624. The van der Waals surface area contributed by atoms with Gasteiger partial charge in [0.1, 0.15) is 5.60 Å². The minimum Gasteiger partial charge on any atom is -0.444 e. The van der Waals surface area contributed by atoms with Gasteiger partial charge in [0.05, 0.1) is 6.04 Å². The molecule has 0 saturated heterocycles. The molecule has 0 radical (unpaired) electrons. The third-order valence-corrected chi connectivity index (χ3v) is 4.07. The fourth-order valence-corrected chi connectivity index (χ4v) is 2.66. The molecule has 3 N–H and O–H groups in total. The molecule has 152 valence electrons. The van der Waals surface area contributed by atoms with Crippen LogP contribution in [0.25, 0.3) is 0 Å². The normalized spacial score (nSPS) is 15.1. The van der Waals surface area contributed by atoms with Crippen LogP contribution in [-0.2, 0) is 4.74 Å². The molecule has 1 atom stereocenters. The molecule has 1 aromatic carbocycles. The number of guanidine groups is 1. The largest absolute Gasteiger partial charge is 0.444 e. The molecule has 0 spiro atoms. The molecule has 0 aromatic heterocycles. The van der Waals surface area contributed by atoms with Crippen molar-refractivity contribution in [2.45, 2.75) is 58.6 Å². The van der Waals surface area contributed by atoms with Gasteiger partial charge < -0.3 is 20.7 Å². The predicted octanol–water partition coefficient (Wildman–Crippen LogP) is 3.93. The number of carbonyl (C=O) groups excluding carboxylic acids is 1. The van der Waals surface area contributed by atoms with E-state index in [1.54, 1.807) is 0 Å². The number of nitrogens with zero attached hydrogens (tertiary/aromatic N) is 1. The first kappa shape index (κ1) is 23.5. The molecule has 0 aliphatic carbocycles. The molecular formula is C20H33IN4O2. The molecule has 1 aliphatic heterocycles. The fourth-order valence-electron chi connectivity index (χ4n) is 2.66. The Kier molecular flexibility index (Phi) is 9.35. The van der Waals surface area contributed by atoms with Crippen LogP contribution < -0.4 is 16.0 Å². The van der Waals surface area contributed by atoms with E-state index in [1.165, 1.54) is 5.56 Å². The van der Waals surface area contributed by atoms with E-state index in [1.807, 2.05) is 20.8 Å². The Balaban J connectivity index is 0.00000364. The standard InChI is InChI=1S/C20H32N4O2.HI/c1-14(2)15-7-9-16(10-8-15)17(24-19(25)26-20(3,4)5)13-23-18-21-11-6-12-22-18;/h7-10,14,17H,6,11-13H2,1-5H3,(H,24,25)(H2,21,22,23);1H. The van der Waals surface area contributed by atoms with Crippen molar-refractivity contribution < 1.29 is 9.53 Å². The maximum Gasteiger partial charge on any atom is 0.408 e. The molecule has 27 heavy (non-hydrogen) atoms. The Morgan fingerprint density at radius 1 is 1.22 bits per heavy atom. The number of benzene rings is 1. The van der Waals surface area contributed by atoms with Crippen molar-refractivity contribution in [1.29, 1.82) is 0 Å². The summed E-state index contributed by atoms with van der Waals surface area (Å²) >= 11 is 0. The third kappa shape index (κ3) is 8.36. The Hall–Kier alpha value is -1.51. The van der Waals surface area contributed by atoms with Gasteiger partial charge in [0, 0.05) is 19.6 Å². The maximum absolute atomic E-state index is 12.3. The van der Waals surface area contributed by atoms with Gasteiger partial charge in [-0.1, -0.05) is 38.1 Å². The van der Waals surface area contributed by atoms with Crippen LogP contribution in [0.5, 0.6) is 0 Å². The van der Waals surface area contributed by atoms with Gasteiger partial charge in [-0.2, -0.15) is 0 Å². The summed E-state index contributed by atoms with van der Waals surface area (Å²) in [5.41, 5.74) is 1.78. The van der Waals surface area contributed by atoms with E-state index in [9.17, 15) is 4.79 Å². The monoisotopic (exact) mass is 488 g/mol. The summed E-state index contributed by atoms with van der Waals surface area (Å²) < 4.78 is 5.42. The van der Waals surface area contributed by atoms with Crippen LogP contribution in [0.4, 0.5) is 4.79 Å². The maximum atomic E-state index is 12.3. The zero-order chi connectivity index (χ0) is 19.2.